The van der Waals surface area contributed by atoms with E-state index in [1.54, 1.807) is 36.8 Å². The molecule has 176 valence electrons. The molecule has 33 heavy (non-hydrogen) atoms. The number of imidazole rings is 1. The molecule has 3 rings (SSSR count). The predicted molar refractivity (Wildman–Crippen MR) is 125 cm³/mol. The number of benzene rings is 2. The Morgan fingerprint density at radius 3 is 2.52 bits per heavy atom. The smallest absolute Gasteiger partial charge is 0.264 e. The van der Waals surface area contributed by atoms with Crippen LogP contribution in [0.4, 0.5) is 5.69 Å². The SMILES string of the molecule is COc1ccc(OC)c(N(CC(=O)NCCCn2ccnc2)S(=O)(=O)c2ccc(C)cc2)c1. The van der Waals surface area contributed by atoms with Crippen molar-refractivity contribution in [3.63, 3.8) is 0 Å². The van der Waals surface area contributed by atoms with Gasteiger partial charge in [-0.05, 0) is 37.6 Å². The molecule has 0 aliphatic rings. The third kappa shape index (κ3) is 6.04. The van der Waals surface area contributed by atoms with Gasteiger partial charge < -0.3 is 19.4 Å². The molecule has 9 nitrogen and oxygen atoms in total. The Hall–Kier alpha value is -3.53. The molecule has 10 heteroatoms. The molecule has 0 saturated carbocycles. The van der Waals surface area contributed by atoms with Gasteiger partial charge in [-0.2, -0.15) is 0 Å². The zero-order chi connectivity index (χ0) is 23.8. The summed E-state index contributed by atoms with van der Waals surface area (Å²) in [7, 11) is -1.14. The Bertz CT molecular complexity index is 1160. The Morgan fingerprint density at radius 2 is 1.88 bits per heavy atom. The van der Waals surface area contributed by atoms with E-state index in [0.717, 1.165) is 9.87 Å². The van der Waals surface area contributed by atoms with Crippen LogP contribution in [0, 0.1) is 6.92 Å². The van der Waals surface area contributed by atoms with Crippen LogP contribution in [0.25, 0.3) is 0 Å². The normalized spacial score (nSPS) is 11.1. The van der Waals surface area contributed by atoms with Gasteiger partial charge in [0.05, 0.1) is 31.1 Å². The first-order valence-electron chi connectivity index (χ1n) is 10.4. The molecule has 0 spiro atoms. The van der Waals surface area contributed by atoms with Crippen LogP contribution in [0.1, 0.15) is 12.0 Å². The van der Waals surface area contributed by atoms with Crippen LogP contribution in [-0.4, -0.2) is 51.2 Å². The van der Waals surface area contributed by atoms with Gasteiger partial charge in [-0.1, -0.05) is 17.7 Å². The monoisotopic (exact) mass is 472 g/mol. The minimum Gasteiger partial charge on any atom is -0.497 e. The Kier molecular flexibility index (Phi) is 7.94. The first-order valence-corrected chi connectivity index (χ1v) is 11.8. The fourth-order valence-corrected chi connectivity index (χ4v) is 4.65. The van der Waals surface area contributed by atoms with Crippen molar-refractivity contribution in [2.45, 2.75) is 24.8 Å². The highest BCUT2D eigenvalue weighted by Gasteiger charge is 2.29. The van der Waals surface area contributed by atoms with Crippen LogP contribution < -0.4 is 19.1 Å². The molecule has 0 saturated heterocycles. The maximum Gasteiger partial charge on any atom is 0.264 e. The van der Waals surface area contributed by atoms with Crippen LogP contribution in [0.15, 0.2) is 66.1 Å². The summed E-state index contributed by atoms with van der Waals surface area (Å²) >= 11 is 0. The molecular formula is C23H28N4O5S. The average molecular weight is 473 g/mol. The minimum atomic E-state index is -4.07. The van der Waals surface area contributed by atoms with Crippen molar-refractivity contribution in [1.82, 2.24) is 14.9 Å². The summed E-state index contributed by atoms with van der Waals surface area (Å²) in [4.78, 5) is 16.8. The van der Waals surface area contributed by atoms with Crippen molar-refractivity contribution >= 4 is 21.6 Å². The Morgan fingerprint density at radius 1 is 1.12 bits per heavy atom. The number of anilines is 1. The standard InChI is InChI=1S/C23H28N4O5S/c1-18-5-8-20(9-6-18)33(29,30)27(21-15-19(31-2)7-10-22(21)32-3)16-23(28)25-11-4-13-26-14-12-24-17-26/h5-10,12,14-15,17H,4,11,13,16H2,1-3H3,(H,25,28). The molecule has 1 heterocycles. The van der Waals surface area contributed by atoms with Crippen molar-refractivity contribution in [3.05, 3.63) is 66.7 Å². The summed E-state index contributed by atoms with van der Waals surface area (Å²) in [6.07, 6.45) is 5.91. The van der Waals surface area contributed by atoms with Gasteiger partial charge in [-0.25, -0.2) is 13.4 Å². The van der Waals surface area contributed by atoms with E-state index in [1.807, 2.05) is 17.7 Å². The topological polar surface area (TPSA) is 103 Å². The lowest BCUT2D eigenvalue weighted by Gasteiger charge is -2.26. The molecule has 1 amide bonds. The maximum atomic E-state index is 13.6. The molecular weight excluding hydrogens is 444 g/mol. The van der Waals surface area contributed by atoms with E-state index >= 15 is 0 Å². The number of aryl methyl sites for hydroxylation is 2. The summed E-state index contributed by atoms with van der Waals surface area (Å²) in [5.41, 5.74) is 1.14. The number of nitrogens with zero attached hydrogens (tertiary/aromatic N) is 3. The molecule has 0 aliphatic heterocycles. The molecule has 0 bridgehead atoms. The van der Waals surface area contributed by atoms with Crippen LogP contribution in [0.2, 0.25) is 0 Å². The van der Waals surface area contributed by atoms with Gasteiger partial charge in [0, 0.05) is 31.5 Å². The van der Waals surface area contributed by atoms with Crippen LogP contribution >= 0.6 is 0 Å². The molecule has 1 N–H and O–H groups in total. The molecule has 3 aromatic rings. The van der Waals surface area contributed by atoms with Crippen molar-refractivity contribution in [1.29, 1.82) is 0 Å². The average Bonchev–Trinajstić information content (AvgIpc) is 3.33. The van der Waals surface area contributed by atoms with Crippen molar-refractivity contribution in [2.24, 2.45) is 0 Å². The van der Waals surface area contributed by atoms with E-state index in [4.69, 9.17) is 9.47 Å². The van der Waals surface area contributed by atoms with E-state index in [1.165, 1.54) is 32.4 Å². The number of sulfonamides is 1. The summed E-state index contributed by atoms with van der Waals surface area (Å²) in [6, 6.07) is 11.3. The number of rotatable bonds is 11. The Balaban J connectivity index is 1.85. The molecule has 0 unspecified atom stereocenters. The number of ether oxygens (including phenoxy) is 2. The minimum absolute atomic E-state index is 0.0749. The second-order valence-electron chi connectivity index (χ2n) is 7.37. The predicted octanol–water partition coefficient (Wildman–Crippen LogP) is 2.61. The van der Waals surface area contributed by atoms with Gasteiger partial charge in [-0.3, -0.25) is 9.10 Å². The number of nitrogens with one attached hydrogen (secondary N) is 1. The lowest BCUT2D eigenvalue weighted by molar-refractivity contribution is -0.119. The molecule has 2 aromatic carbocycles. The third-order valence-electron chi connectivity index (χ3n) is 5.03. The van der Waals surface area contributed by atoms with E-state index < -0.39 is 22.5 Å². The van der Waals surface area contributed by atoms with Gasteiger partial charge in [0.15, 0.2) is 0 Å². The van der Waals surface area contributed by atoms with E-state index in [0.29, 0.717) is 31.0 Å². The summed E-state index contributed by atoms with van der Waals surface area (Å²) < 4.78 is 40.8. The van der Waals surface area contributed by atoms with Crippen LogP contribution in [0.3, 0.4) is 0 Å². The van der Waals surface area contributed by atoms with E-state index in [2.05, 4.69) is 10.3 Å². The molecule has 0 radical (unpaired) electrons. The van der Waals surface area contributed by atoms with Gasteiger partial charge >= 0.3 is 0 Å². The second-order valence-corrected chi connectivity index (χ2v) is 9.23. The molecule has 0 fully saturated rings. The van der Waals surface area contributed by atoms with Gasteiger partial charge in [-0.15, -0.1) is 0 Å². The van der Waals surface area contributed by atoms with Crippen molar-refractivity contribution in [2.75, 3.05) is 31.6 Å². The number of carbonyl (C=O) groups excluding carboxylic acids is 1. The Labute approximate surface area is 194 Å². The summed E-state index contributed by atoms with van der Waals surface area (Å²) in [5.74, 6) is 0.316. The quantitative estimate of drug-likeness (QED) is 0.431. The van der Waals surface area contributed by atoms with E-state index in [-0.39, 0.29) is 10.6 Å². The van der Waals surface area contributed by atoms with Crippen LogP contribution in [-0.2, 0) is 21.4 Å². The number of carbonyl (C=O) groups is 1. The lowest BCUT2D eigenvalue weighted by Crippen LogP contribution is -2.41. The van der Waals surface area contributed by atoms with Gasteiger partial charge in [0.25, 0.3) is 10.0 Å². The first kappa shape index (κ1) is 24.1. The second kappa shape index (κ2) is 10.9. The van der Waals surface area contributed by atoms with Gasteiger partial charge in [0.2, 0.25) is 5.91 Å². The highest BCUT2D eigenvalue weighted by atomic mass is 32.2. The molecule has 0 atom stereocenters. The maximum absolute atomic E-state index is 13.6. The lowest BCUT2D eigenvalue weighted by atomic mass is 10.2. The van der Waals surface area contributed by atoms with E-state index in [9.17, 15) is 13.2 Å². The molecule has 0 aliphatic carbocycles. The summed E-state index contributed by atoms with van der Waals surface area (Å²) in [6.45, 7) is 2.54. The fourth-order valence-electron chi connectivity index (χ4n) is 3.22. The number of hydrogen-bond acceptors (Lipinski definition) is 6. The van der Waals surface area contributed by atoms with Crippen molar-refractivity contribution < 1.29 is 22.7 Å². The number of aromatic nitrogens is 2. The summed E-state index contributed by atoms with van der Waals surface area (Å²) in [5, 5.41) is 2.79. The zero-order valence-electron chi connectivity index (χ0n) is 18.9. The molecule has 1 aromatic heterocycles. The largest absolute Gasteiger partial charge is 0.497 e. The number of methoxy groups -OCH3 is 2. The van der Waals surface area contributed by atoms with Crippen LogP contribution in [0.5, 0.6) is 11.5 Å². The highest BCUT2D eigenvalue weighted by molar-refractivity contribution is 7.92. The van der Waals surface area contributed by atoms with Gasteiger partial charge in [0.1, 0.15) is 18.0 Å². The number of amides is 1. The number of hydrogen-bond donors (Lipinski definition) is 1. The van der Waals surface area contributed by atoms with Crippen molar-refractivity contribution in [3.8, 4) is 11.5 Å². The third-order valence-corrected chi connectivity index (χ3v) is 6.80. The zero-order valence-corrected chi connectivity index (χ0v) is 19.7. The first-order chi connectivity index (χ1) is 15.8. The fraction of sp³-hybridized carbons (Fsp3) is 0.304. The highest BCUT2D eigenvalue weighted by Crippen LogP contribution is 2.35.